The van der Waals surface area contributed by atoms with E-state index in [0.29, 0.717) is 16.3 Å². The number of benzene rings is 1. The number of morpholine rings is 1. The van der Waals surface area contributed by atoms with E-state index in [-0.39, 0.29) is 18.9 Å². The average molecular weight is 486 g/mol. The van der Waals surface area contributed by atoms with E-state index in [9.17, 15) is 9.59 Å². The van der Waals surface area contributed by atoms with Gasteiger partial charge in [0, 0.05) is 35.5 Å². The van der Waals surface area contributed by atoms with Crippen LogP contribution in [0.1, 0.15) is 33.4 Å². The lowest BCUT2D eigenvalue weighted by molar-refractivity contribution is -0.115. The second kappa shape index (κ2) is 11.0. The number of thiophene rings is 1. The highest BCUT2D eigenvalue weighted by atomic mass is 32.1. The van der Waals surface area contributed by atoms with Crippen LogP contribution < -0.4 is 5.32 Å². The molecule has 0 spiro atoms. The second-order valence-electron chi connectivity index (χ2n) is 7.78. The maximum Gasteiger partial charge on any atom is 0.341 e. The second-order valence-corrected chi connectivity index (χ2v) is 9.89. The minimum atomic E-state index is -0.426. The van der Waals surface area contributed by atoms with Gasteiger partial charge in [-0.25, -0.2) is 9.78 Å². The van der Waals surface area contributed by atoms with Gasteiger partial charge in [0.15, 0.2) is 0 Å². The molecule has 0 aliphatic carbocycles. The summed E-state index contributed by atoms with van der Waals surface area (Å²) in [7, 11) is 0. The summed E-state index contributed by atoms with van der Waals surface area (Å²) in [6.45, 7) is 8.28. The average Bonchev–Trinajstić information content (AvgIpc) is 3.41. The number of nitrogens with one attached hydrogen (secondary N) is 1. The molecule has 3 aromatic rings. The summed E-state index contributed by atoms with van der Waals surface area (Å²) >= 11 is 2.89. The van der Waals surface area contributed by atoms with E-state index in [2.05, 4.69) is 33.4 Å². The smallest absolute Gasteiger partial charge is 0.341 e. The molecule has 2 aromatic heterocycles. The summed E-state index contributed by atoms with van der Waals surface area (Å²) in [6.07, 6.45) is 0.142. The number of amides is 1. The molecule has 0 bridgehead atoms. The van der Waals surface area contributed by atoms with Crippen molar-refractivity contribution >= 4 is 39.6 Å². The van der Waals surface area contributed by atoms with Crippen molar-refractivity contribution in [2.45, 2.75) is 26.8 Å². The van der Waals surface area contributed by atoms with Crippen molar-refractivity contribution in [2.24, 2.45) is 0 Å². The summed E-state index contributed by atoms with van der Waals surface area (Å²) < 4.78 is 10.5. The van der Waals surface area contributed by atoms with Crippen LogP contribution >= 0.6 is 22.7 Å². The molecule has 174 valence electrons. The Kier molecular flexibility index (Phi) is 7.87. The van der Waals surface area contributed by atoms with Crippen LogP contribution in [0.3, 0.4) is 0 Å². The van der Waals surface area contributed by atoms with E-state index < -0.39 is 5.97 Å². The van der Waals surface area contributed by atoms with Crippen molar-refractivity contribution in [3.8, 4) is 10.6 Å². The van der Waals surface area contributed by atoms with Crippen LogP contribution in [0.2, 0.25) is 0 Å². The van der Waals surface area contributed by atoms with Crippen molar-refractivity contribution < 1.29 is 19.1 Å². The van der Waals surface area contributed by atoms with Crippen molar-refractivity contribution in [3.63, 3.8) is 0 Å². The van der Waals surface area contributed by atoms with Gasteiger partial charge in [-0.1, -0.05) is 18.2 Å². The van der Waals surface area contributed by atoms with Crippen LogP contribution in [0.5, 0.6) is 0 Å². The predicted molar refractivity (Wildman–Crippen MR) is 131 cm³/mol. The fourth-order valence-electron chi connectivity index (χ4n) is 3.64. The molecule has 1 N–H and O–H groups in total. The maximum atomic E-state index is 12.6. The molecule has 1 aliphatic rings. The molecule has 3 heterocycles. The first-order valence-corrected chi connectivity index (χ1v) is 12.6. The fraction of sp³-hybridized carbons (Fsp3) is 0.375. The van der Waals surface area contributed by atoms with Gasteiger partial charge in [-0.2, -0.15) is 0 Å². The summed E-state index contributed by atoms with van der Waals surface area (Å²) in [5.41, 5.74) is 3.39. The number of esters is 1. The molecule has 9 heteroatoms. The van der Waals surface area contributed by atoms with Gasteiger partial charge in [-0.3, -0.25) is 9.69 Å². The van der Waals surface area contributed by atoms with Crippen molar-refractivity contribution in [1.29, 1.82) is 0 Å². The van der Waals surface area contributed by atoms with Gasteiger partial charge in [-0.05, 0) is 31.5 Å². The van der Waals surface area contributed by atoms with Gasteiger partial charge < -0.3 is 14.8 Å². The first kappa shape index (κ1) is 23.6. The van der Waals surface area contributed by atoms with E-state index >= 15 is 0 Å². The molecular weight excluding hydrogens is 458 g/mol. The molecule has 0 saturated carbocycles. The van der Waals surface area contributed by atoms with E-state index in [1.165, 1.54) is 28.2 Å². The molecule has 4 rings (SSSR count). The van der Waals surface area contributed by atoms with Crippen molar-refractivity contribution in [2.75, 3.05) is 38.2 Å². The molecule has 1 aliphatic heterocycles. The molecular formula is C24H27N3O4S2. The molecule has 33 heavy (non-hydrogen) atoms. The Morgan fingerprint density at radius 1 is 1.24 bits per heavy atom. The third-order valence-electron chi connectivity index (χ3n) is 5.18. The van der Waals surface area contributed by atoms with Gasteiger partial charge in [-0.15, -0.1) is 22.7 Å². The standard InChI is InChI=1S/C24H27N3O4S2/c1-3-31-24(29)20-11-16(2)33-23(20)26-21(28)13-19-15-32-22(25-19)18-6-4-5-17(12-18)14-27-7-9-30-10-8-27/h4-6,11-12,15H,3,7-10,13-14H2,1-2H3,(H,26,28). The van der Waals surface area contributed by atoms with Gasteiger partial charge in [0.2, 0.25) is 5.91 Å². The Labute approximate surface area is 201 Å². The molecule has 0 unspecified atom stereocenters. The van der Waals surface area contributed by atoms with Crippen LogP contribution in [0.4, 0.5) is 5.00 Å². The van der Waals surface area contributed by atoms with Gasteiger partial charge in [0.25, 0.3) is 0 Å². The summed E-state index contributed by atoms with van der Waals surface area (Å²) in [5, 5.41) is 6.17. The number of thiazole rings is 1. The molecule has 1 fully saturated rings. The fourth-order valence-corrected chi connectivity index (χ4v) is 5.38. The molecule has 1 amide bonds. The number of hydrogen-bond donors (Lipinski definition) is 1. The van der Waals surface area contributed by atoms with Gasteiger partial charge in [0.1, 0.15) is 10.0 Å². The minimum Gasteiger partial charge on any atom is -0.462 e. The topological polar surface area (TPSA) is 80.8 Å². The Balaban J connectivity index is 1.40. The third kappa shape index (κ3) is 6.26. The van der Waals surface area contributed by atoms with Gasteiger partial charge in [0.05, 0.1) is 37.5 Å². The monoisotopic (exact) mass is 485 g/mol. The Morgan fingerprint density at radius 3 is 2.85 bits per heavy atom. The zero-order valence-corrected chi connectivity index (χ0v) is 20.4. The zero-order valence-electron chi connectivity index (χ0n) is 18.8. The Hall–Kier alpha value is -2.59. The highest BCUT2D eigenvalue weighted by Crippen LogP contribution is 2.29. The number of aryl methyl sites for hydroxylation is 1. The van der Waals surface area contributed by atoms with E-state index in [0.717, 1.165) is 48.3 Å². The number of rotatable bonds is 8. The van der Waals surface area contributed by atoms with Gasteiger partial charge >= 0.3 is 5.97 Å². The number of aromatic nitrogens is 1. The first-order valence-electron chi connectivity index (χ1n) is 10.9. The number of nitrogens with zero attached hydrogens (tertiary/aromatic N) is 2. The number of carbonyl (C=O) groups excluding carboxylic acids is 2. The normalized spacial score (nSPS) is 14.2. The van der Waals surface area contributed by atoms with Crippen LogP contribution in [0.25, 0.3) is 10.6 Å². The number of ether oxygens (including phenoxy) is 2. The molecule has 7 nitrogen and oxygen atoms in total. The number of anilines is 1. The maximum absolute atomic E-state index is 12.6. The third-order valence-corrected chi connectivity index (χ3v) is 7.09. The predicted octanol–water partition coefficient (Wildman–Crippen LogP) is 4.37. The van der Waals surface area contributed by atoms with E-state index in [4.69, 9.17) is 9.47 Å². The Morgan fingerprint density at radius 2 is 2.06 bits per heavy atom. The summed E-state index contributed by atoms with van der Waals surface area (Å²) in [6, 6.07) is 10.1. The first-order chi connectivity index (χ1) is 16.0. The minimum absolute atomic E-state index is 0.142. The lowest BCUT2D eigenvalue weighted by Gasteiger charge is -2.26. The Bertz CT molecular complexity index is 1120. The summed E-state index contributed by atoms with van der Waals surface area (Å²) in [5.74, 6) is -0.634. The molecule has 0 atom stereocenters. The van der Waals surface area contributed by atoms with E-state index in [1.54, 1.807) is 13.0 Å². The number of hydrogen-bond acceptors (Lipinski definition) is 8. The van der Waals surface area contributed by atoms with Crippen LogP contribution in [-0.2, 0) is 27.2 Å². The lowest BCUT2D eigenvalue weighted by atomic mass is 10.1. The van der Waals surface area contributed by atoms with Crippen molar-refractivity contribution in [3.05, 3.63) is 57.4 Å². The highest BCUT2D eigenvalue weighted by molar-refractivity contribution is 7.16. The quantitative estimate of drug-likeness (QED) is 0.477. The van der Waals surface area contributed by atoms with Crippen LogP contribution in [0.15, 0.2) is 35.7 Å². The zero-order chi connectivity index (χ0) is 23.2. The SMILES string of the molecule is CCOC(=O)c1cc(C)sc1NC(=O)Cc1csc(-c2cccc(CN3CCOCC3)c2)n1. The van der Waals surface area contributed by atoms with Crippen LogP contribution in [0, 0.1) is 6.92 Å². The largest absolute Gasteiger partial charge is 0.462 e. The van der Waals surface area contributed by atoms with E-state index in [1.807, 2.05) is 18.4 Å². The molecule has 0 radical (unpaired) electrons. The number of carbonyl (C=O) groups is 2. The van der Waals surface area contributed by atoms with Crippen LogP contribution in [-0.4, -0.2) is 54.7 Å². The van der Waals surface area contributed by atoms with Crippen molar-refractivity contribution in [1.82, 2.24) is 9.88 Å². The molecule has 1 saturated heterocycles. The molecule has 1 aromatic carbocycles. The lowest BCUT2D eigenvalue weighted by Crippen LogP contribution is -2.35. The highest BCUT2D eigenvalue weighted by Gasteiger charge is 2.19. The summed E-state index contributed by atoms with van der Waals surface area (Å²) in [4.78, 5) is 32.8.